The number of hydrogen-bond acceptors (Lipinski definition) is 24. The minimum Gasteiger partial charge on any atom is -0.490 e. The molecule has 0 radical (unpaired) electrons. The second-order valence-electron chi connectivity index (χ2n) is 32.1. The lowest BCUT2D eigenvalue weighted by molar-refractivity contribution is -0.167. The molecule has 0 saturated carbocycles. The Kier molecular flexibility index (Phi) is 30.0. The van der Waals surface area contributed by atoms with Crippen LogP contribution in [0, 0.1) is 23.7 Å². The van der Waals surface area contributed by atoms with Gasteiger partial charge in [0.1, 0.15) is 75.9 Å². The number of aliphatic carboxylic acids is 2. The highest BCUT2D eigenvalue weighted by Gasteiger charge is 2.49. The number of carboxylic acids is 4. The Hall–Kier alpha value is -16.0. The van der Waals surface area contributed by atoms with Crippen LogP contribution in [-0.2, 0) is 87.1 Å². The fourth-order valence-corrected chi connectivity index (χ4v) is 17.3. The highest BCUT2D eigenvalue weighted by atomic mass is 16.6. The van der Waals surface area contributed by atoms with Crippen LogP contribution < -0.4 is 18.9 Å². The van der Waals surface area contributed by atoms with Gasteiger partial charge in [0.05, 0.1) is 56.8 Å². The van der Waals surface area contributed by atoms with Gasteiger partial charge in [-0.3, -0.25) is 28.8 Å². The van der Waals surface area contributed by atoms with Gasteiger partial charge < -0.3 is 77.3 Å². The van der Waals surface area contributed by atoms with Gasteiger partial charge in [-0.05, 0) is 176 Å². The molecule has 0 aromatic heterocycles. The van der Waals surface area contributed by atoms with Gasteiger partial charge in [-0.15, -0.1) is 0 Å². The number of hydrogen-bond donors (Lipinski definition) is 4. The van der Waals surface area contributed by atoms with Gasteiger partial charge in [0.25, 0.3) is 0 Å². The number of carbonyl (C=O) groups is 12. The molecule has 0 fully saturated rings. The van der Waals surface area contributed by atoms with E-state index in [2.05, 4.69) is 13.2 Å². The van der Waals surface area contributed by atoms with Crippen LogP contribution in [0.25, 0.3) is 33.4 Å². The first-order valence-electron chi connectivity index (χ1n) is 43.4. The molecule has 8 atom stereocenters. The normalized spacial score (nSPS) is 16.3. The van der Waals surface area contributed by atoms with E-state index in [-0.39, 0.29) is 74.4 Å². The molecule has 28 nitrogen and oxygen atoms in total. The molecule has 0 bridgehead atoms. The largest absolute Gasteiger partial charge is 0.490 e. The van der Waals surface area contributed by atoms with Crippen LogP contribution in [0.4, 0.5) is 0 Å². The third-order valence-electron chi connectivity index (χ3n) is 23.9. The van der Waals surface area contributed by atoms with Gasteiger partial charge in [-0.2, -0.15) is 0 Å². The smallest absolute Gasteiger partial charge is 0.339 e. The monoisotopic (exact) mass is 1810 g/mol. The van der Waals surface area contributed by atoms with Crippen molar-refractivity contribution in [3.8, 4) is 56.4 Å². The Morgan fingerprint density at radius 3 is 0.866 bits per heavy atom. The maximum Gasteiger partial charge on any atom is 0.339 e. The van der Waals surface area contributed by atoms with Gasteiger partial charge in [-0.25, -0.2) is 28.8 Å². The van der Waals surface area contributed by atoms with Gasteiger partial charge in [0.2, 0.25) is 0 Å². The number of carbonyl (C=O) groups excluding carboxylic acids is 8. The molecule has 10 aromatic rings. The molecule has 134 heavy (non-hydrogen) atoms. The quantitative estimate of drug-likeness (QED) is 0.0120. The SMILES string of the molecule is C=CC(=O)OCC(COc1ccc(C2(c3ccc(OCC(COC(=O)CC)OC(=O)c4cc(-c5ccc(C(=O)O)c(C(=O)OC(COC(=O)CC)COc6ccc(C7(c8ccc(OCC(COC(=O)C=C)OC(=O)C9CC=CCC9C(=O)O)cc8)c8ccccc8-c8ccccc87)cc6)c5)ccc4C(=O)O)cc3)c3ccccc3-c3ccccc32)cc1)OC(=O)C1CC=CCC1C(=O)O. The summed E-state index contributed by atoms with van der Waals surface area (Å²) in [4.78, 5) is 157. The van der Waals surface area contributed by atoms with Crippen molar-refractivity contribution in [1.82, 2.24) is 0 Å². The topological polar surface area (TPSA) is 397 Å². The Morgan fingerprint density at radius 1 is 0.328 bits per heavy atom. The van der Waals surface area contributed by atoms with Crippen LogP contribution in [0.3, 0.4) is 0 Å². The summed E-state index contributed by atoms with van der Waals surface area (Å²) in [6, 6.07) is 68.1. The number of benzene rings is 10. The van der Waals surface area contributed by atoms with E-state index in [0.29, 0.717) is 11.5 Å². The van der Waals surface area contributed by atoms with E-state index in [1.807, 2.05) is 146 Å². The molecule has 4 aliphatic rings. The highest BCUT2D eigenvalue weighted by Crippen LogP contribution is 2.58. The number of carboxylic acid groups (broad SMARTS) is 4. The number of rotatable bonds is 41. The predicted octanol–water partition coefficient (Wildman–Crippen LogP) is 16.0. The van der Waals surface area contributed by atoms with Crippen molar-refractivity contribution in [2.24, 2.45) is 23.7 Å². The molecule has 0 aliphatic heterocycles. The Morgan fingerprint density at radius 2 is 0.597 bits per heavy atom. The number of esters is 8. The third-order valence-corrected chi connectivity index (χ3v) is 23.9. The highest BCUT2D eigenvalue weighted by molar-refractivity contribution is 6.06. The van der Waals surface area contributed by atoms with E-state index < -0.39 is 192 Å². The molecule has 10 aromatic carbocycles. The van der Waals surface area contributed by atoms with Crippen LogP contribution >= 0.6 is 0 Å². The summed E-state index contributed by atoms with van der Waals surface area (Å²) in [5.74, 6) is -14.9. The molecule has 0 heterocycles. The summed E-state index contributed by atoms with van der Waals surface area (Å²) in [5, 5.41) is 40.9. The van der Waals surface area contributed by atoms with Gasteiger partial charge in [0.15, 0.2) is 24.4 Å². The molecule has 686 valence electrons. The maximum absolute atomic E-state index is 14.7. The molecule has 4 aliphatic carbocycles. The van der Waals surface area contributed by atoms with Crippen LogP contribution in [0.1, 0.15) is 138 Å². The average molecular weight is 1820 g/mol. The standard InChI is InChI=1S/C106H94O28/c1-5-93(107)127-59-73(131-101(119)85-27-11-9-25-81(85)97(111)112)55-123-69-43-35-65(36-44-69)105(89-29-17-13-21-77(89)78-22-14-18-30-90(78)105)67-39-47-71(48-40-67)125-57-75(61-129-95(109)7-3)133-103(121)87-53-63(33-51-83(87)99(115)116)64-34-52-84(100(117)118)88(54-64)104(122)134-76(62-130-96(110)8-4)58-126-72-49-41-68(42-50-72)106(91-31-19-15-23-79(91)80-24-16-20-32-92(80)106)66-37-45-70(46-38-66)124-56-74(60-128-94(108)6-2)132-102(120)86-28-12-10-26-82(86)98(113)114/h5-6,9-24,29-54,73-76,81-82,85-86H,1-2,7-8,25-28,55-62H2,3-4H3,(H,111,112)(H,113,114)(H,115,116)(H,117,118). The fourth-order valence-electron chi connectivity index (χ4n) is 17.3. The molecule has 4 N–H and O–H groups in total. The van der Waals surface area contributed by atoms with Crippen molar-refractivity contribution in [3.63, 3.8) is 0 Å². The van der Waals surface area contributed by atoms with E-state index >= 15 is 0 Å². The molecular formula is C106H94O28. The first-order valence-corrected chi connectivity index (χ1v) is 43.4. The summed E-state index contributed by atoms with van der Waals surface area (Å²) in [7, 11) is 0. The predicted molar refractivity (Wildman–Crippen MR) is 484 cm³/mol. The van der Waals surface area contributed by atoms with Crippen LogP contribution in [0.5, 0.6) is 23.0 Å². The first-order chi connectivity index (χ1) is 64.8. The van der Waals surface area contributed by atoms with E-state index in [4.69, 9.17) is 56.8 Å². The summed E-state index contributed by atoms with van der Waals surface area (Å²) >= 11 is 0. The first kappa shape index (κ1) is 94.1. The lowest BCUT2D eigenvalue weighted by atomic mass is 9.68. The van der Waals surface area contributed by atoms with Crippen molar-refractivity contribution in [1.29, 1.82) is 0 Å². The molecular weight excluding hydrogens is 1720 g/mol. The molecule has 14 rings (SSSR count). The van der Waals surface area contributed by atoms with Crippen molar-refractivity contribution in [3.05, 3.63) is 347 Å². The van der Waals surface area contributed by atoms with E-state index in [0.717, 1.165) is 91.0 Å². The number of fused-ring (bicyclic) bond motifs is 6. The number of ether oxygens (including phenoxy) is 12. The zero-order valence-corrected chi connectivity index (χ0v) is 72.9. The molecule has 8 unspecified atom stereocenters. The fraction of sp³-hybridized carbons (Fsp3) is 0.245. The summed E-state index contributed by atoms with van der Waals surface area (Å²) in [6.07, 6.45) is 4.20. The Balaban J connectivity index is 0.677. The van der Waals surface area contributed by atoms with Crippen LogP contribution in [0.15, 0.2) is 280 Å². The van der Waals surface area contributed by atoms with Crippen LogP contribution in [-0.4, -0.2) is 169 Å². The minimum absolute atomic E-state index is 0.0581. The number of aromatic carboxylic acids is 2. The van der Waals surface area contributed by atoms with Crippen molar-refractivity contribution < 1.29 is 135 Å². The van der Waals surface area contributed by atoms with Gasteiger partial charge in [-0.1, -0.05) is 209 Å². The van der Waals surface area contributed by atoms with Crippen molar-refractivity contribution >= 4 is 71.6 Å². The number of allylic oxidation sites excluding steroid dienone is 4. The summed E-state index contributed by atoms with van der Waals surface area (Å²) in [6.45, 7) is 6.69. The van der Waals surface area contributed by atoms with E-state index in [1.54, 1.807) is 86.7 Å². The van der Waals surface area contributed by atoms with Crippen molar-refractivity contribution in [2.45, 2.75) is 87.6 Å². The average Bonchev–Trinajstić information content (AvgIpc) is 1.54. The van der Waals surface area contributed by atoms with E-state index in [9.17, 15) is 78.0 Å². The zero-order chi connectivity index (χ0) is 94.7. The lowest BCUT2D eigenvalue weighted by Crippen LogP contribution is -2.37. The second-order valence-corrected chi connectivity index (χ2v) is 32.1. The van der Waals surface area contributed by atoms with Crippen molar-refractivity contribution in [2.75, 3.05) is 52.9 Å². The molecule has 0 amide bonds. The summed E-state index contributed by atoms with van der Waals surface area (Å²) < 4.78 is 70.1. The van der Waals surface area contributed by atoms with E-state index in [1.165, 1.54) is 24.3 Å². The maximum atomic E-state index is 14.7. The Bertz CT molecular complexity index is 5720. The second kappa shape index (κ2) is 42.7. The zero-order valence-electron chi connectivity index (χ0n) is 72.9. The minimum atomic E-state index is -1.54. The third kappa shape index (κ3) is 20.7. The lowest BCUT2D eigenvalue weighted by Gasteiger charge is -2.34. The van der Waals surface area contributed by atoms with Gasteiger partial charge in [0, 0.05) is 25.0 Å². The Labute approximate surface area is 769 Å². The van der Waals surface area contributed by atoms with Crippen LogP contribution in [0.2, 0.25) is 0 Å². The molecule has 0 saturated heterocycles. The van der Waals surface area contributed by atoms with Gasteiger partial charge >= 0.3 is 71.6 Å². The molecule has 0 spiro atoms. The summed E-state index contributed by atoms with van der Waals surface area (Å²) in [5.41, 5.74) is 7.05. The molecule has 28 heteroatoms.